The molecule has 0 radical (unpaired) electrons. The Bertz CT molecular complexity index is 1010. The number of phenolic OH excluding ortho intramolecular Hbond substituents is 1. The molecule has 0 aliphatic heterocycles. The molecule has 26 heavy (non-hydrogen) atoms. The maximum absolute atomic E-state index is 14.1. The van der Waals surface area contributed by atoms with Crippen LogP contribution in [0.15, 0.2) is 48.5 Å². The largest absolute Gasteiger partial charge is 0.507 e. The van der Waals surface area contributed by atoms with Crippen LogP contribution < -0.4 is 15.8 Å². The zero-order chi connectivity index (χ0) is 18.7. The number of halogens is 1. The molecule has 3 rings (SSSR count). The third kappa shape index (κ3) is 3.35. The minimum atomic E-state index is -0.472. The Labute approximate surface area is 149 Å². The first-order valence-electron chi connectivity index (χ1n) is 7.62. The number of hydrogen-bond acceptors (Lipinski definition) is 6. The van der Waals surface area contributed by atoms with Crippen molar-refractivity contribution < 1.29 is 14.2 Å². The van der Waals surface area contributed by atoms with Crippen molar-refractivity contribution in [3.63, 3.8) is 0 Å². The number of nitrogens with one attached hydrogen (secondary N) is 1. The third-order valence-corrected chi connectivity index (χ3v) is 3.77. The molecule has 0 saturated heterocycles. The summed E-state index contributed by atoms with van der Waals surface area (Å²) in [6.07, 6.45) is 0. The number of aromatic hydroxyl groups is 1. The van der Waals surface area contributed by atoms with Crippen molar-refractivity contribution in [3.05, 3.63) is 59.9 Å². The average Bonchev–Trinajstić information content (AvgIpc) is 2.64. The summed E-state index contributed by atoms with van der Waals surface area (Å²) >= 11 is 0. The average molecular weight is 350 g/mol. The molecule has 0 spiro atoms. The van der Waals surface area contributed by atoms with Crippen molar-refractivity contribution in [2.75, 3.05) is 18.2 Å². The number of phenols is 1. The monoisotopic (exact) mass is 350 g/mol. The molecule has 1 heterocycles. The van der Waals surface area contributed by atoms with Gasteiger partial charge in [-0.15, -0.1) is 0 Å². The lowest BCUT2D eigenvalue weighted by Gasteiger charge is -2.12. The molecule has 0 atom stereocenters. The van der Waals surface area contributed by atoms with Crippen LogP contribution in [0.3, 0.4) is 0 Å². The molecule has 2 aromatic carbocycles. The molecule has 7 heteroatoms. The van der Waals surface area contributed by atoms with Crippen LogP contribution >= 0.6 is 0 Å². The van der Waals surface area contributed by atoms with Crippen LogP contribution in [-0.4, -0.2) is 17.2 Å². The third-order valence-electron chi connectivity index (χ3n) is 3.77. The highest BCUT2D eigenvalue weighted by molar-refractivity contribution is 5.75. The van der Waals surface area contributed by atoms with Crippen LogP contribution in [0.5, 0.6) is 11.5 Å². The van der Waals surface area contributed by atoms with Crippen LogP contribution in [0.1, 0.15) is 5.56 Å². The number of pyridine rings is 1. The summed E-state index contributed by atoms with van der Waals surface area (Å²) in [7, 11) is 1.46. The number of nitrogens with two attached hydrogens (primary N) is 1. The van der Waals surface area contributed by atoms with Crippen molar-refractivity contribution >= 4 is 17.2 Å². The lowest BCUT2D eigenvalue weighted by molar-refractivity contribution is 0.411. The van der Waals surface area contributed by atoms with Crippen LogP contribution in [0.4, 0.5) is 21.6 Å². The van der Waals surface area contributed by atoms with Gasteiger partial charge in [-0.2, -0.15) is 5.26 Å². The Morgan fingerprint density at radius 3 is 2.65 bits per heavy atom. The van der Waals surface area contributed by atoms with E-state index in [-0.39, 0.29) is 22.8 Å². The summed E-state index contributed by atoms with van der Waals surface area (Å²) in [5, 5.41) is 22.0. The molecule has 0 bridgehead atoms. The van der Waals surface area contributed by atoms with Gasteiger partial charge in [0.2, 0.25) is 0 Å². The molecule has 0 fully saturated rings. The fraction of sp³-hybridized carbons (Fsp3) is 0.0526. The standard InChI is InChI=1S/C19H15FN4O2/c1-26-13-4-6-17(15(20)9-13)23-12-3-7-18(25)14(8-12)16-5-2-11(10-21)19(22)24-16/h2-9,23,25H,1H3,(H2,22,24). The van der Waals surface area contributed by atoms with Gasteiger partial charge in [0.25, 0.3) is 0 Å². The van der Waals surface area contributed by atoms with Gasteiger partial charge in [-0.05, 0) is 42.5 Å². The summed E-state index contributed by atoms with van der Waals surface area (Å²) in [5.41, 5.74) is 7.60. The SMILES string of the molecule is COc1ccc(Nc2ccc(O)c(-c3ccc(C#N)c(N)n3)c2)c(F)c1. The van der Waals surface area contributed by atoms with Gasteiger partial charge in [-0.1, -0.05) is 0 Å². The van der Waals surface area contributed by atoms with Gasteiger partial charge < -0.3 is 20.9 Å². The first-order chi connectivity index (χ1) is 12.5. The maximum Gasteiger partial charge on any atom is 0.150 e. The molecule has 0 aliphatic carbocycles. The summed E-state index contributed by atoms with van der Waals surface area (Å²) < 4.78 is 19.1. The Balaban J connectivity index is 1.96. The van der Waals surface area contributed by atoms with Gasteiger partial charge in [0.1, 0.15) is 29.2 Å². The van der Waals surface area contributed by atoms with E-state index < -0.39 is 5.82 Å². The molecular weight excluding hydrogens is 335 g/mol. The molecule has 0 amide bonds. The predicted octanol–water partition coefficient (Wildman–Crippen LogP) is 3.80. The molecule has 3 aromatic rings. The quantitative estimate of drug-likeness (QED) is 0.618. The lowest BCUT2D eigenvalue weighted by Crippen LogP contribution is -1.98. The first kappa shape index (κ1) is 17.0. The highest BCUT2D eigenvalue weighted by Crippen LogP contribution is 2.33. The summed E-state index contributed by atoms with van der Waals surface area (Å²) in [5.74, 6) is 0.00254. The molecule has 6 nitrogen and oxygen atoms in total. The highest BCUT2D eigenvalue weighted by Gasteiger charge is 2.11. The van der Waals surface area contributed by atoms with Crippen LogP contribution in [0.25, 0.3) is 11.3 Å². The van der Waals surface area contributed by atoms with Gasteiger partial charge in [0.05, 0.1) is 24.1 Å². The Morgan fingerprint density at radius 2 is 2.00 bits per heavy atom. The van der Waals surface area contributed by atoms with Crippen LogP contribution in [0, 0.1) is 17.1 Å². The van der Waals surface area contributed by atoms with Crippen molar-refractivity contribution in [2.24, 2.45) is 0 Å². The summed E-state index contributed by atoms with van der Waals surface area (Å²) in [4.78, 5) is 4.14. The number of hydrogen-bond donors (Lipinski definition) is 3. The van der Waals surface area contributed by atoms with Gasteiger partial charge in [0, 0.05) is 17.3 Å². The van der Waals surface area contributed by atoms with E-state index in [1.165, 1.54) is 25.3 Å². The number of anilines is 3. The van der Waals surface area contributed by atoms with E-state index in [4.69, 9.17) is 15.7 Å². The molecular formula is C19H15FN4O2. The minimum absolute atomic E-state index is 0.0117. The lowest BCUT2D eigenvalue weighted by atomic mass is 10.1. The second-order valence-electron chi connectivity index (χ2n) is 5.44. The normalized spacial score (nSPS) is 10.2. The Hall–Kier alpha value is -3.79. The smallest absolute Gasteiger partial charge is 0.150 e. The molecule has 0 saturated carbocycles. The molecule has 1 aromatic heterocycles. The molecule has 130 valence electrons. The van der Waals surface area contributed by atoms with E-state index in [0.29, 0.717) is 22.7 Å². The summed E-state index contributed by atoms with van der Waals surface area (Å²) in [6.45, 7) is 0. The summed E-state index contributed by atoms with van der Waals surface area (Å²) in [6, 6.07) is 14.2. The van der Waals surface area contributed by atoms with Crippen LogP contribution in [0.2, 0.25) is 0 Å². The van der Waals surface area contributed by atoms with E-state index in [2.05, 4.69) is 10.3 Å². The van der Waals surface area contributed by atoms with Gasteiger partial charge in [-0.3, -0.25) is 0 Å². The van der Waals surface area contributed by atoms with Crippen molar-refractivity contribution in [2.45, 2.75) is 0 Å². The fourth-order valence-electron chi connectivity index (χ4n) is 2.42. The second-order valence-corrected chi connectivity index (χ2v) is 5.44. The predicted molar refractivity (Wildman–Crippen MR) is 96.7 cm³/mol. The Kier molecular flexibility index (Phi) is 4.58. The van der Waals surface area contributed by atoms with Crippen molar-refractivity contribution in [1.82, 2.24) is 4.98 Å². The van der Waals surface area contributed by atoms with Gasteiger partial charge >= 0.3 is 0 Å². The van der Waals surface area contributed by atoms with E-state index in [0.717, 1.165) is 0 Å². The fourth-order valence-corrected chi connectivity index (χ4v) is 2.42. The van der Waals surface area contributed by atoms with Gasteiger partial charge in [-0.25, -0.2) is 9.37 Å². The number of nitrogens with zero attached hydrogens (tertiary/aromatic N) is 2. The highest BCUT2D eigenvalue weighted by atomic mass is 19.1. The number of benzene rings is 2. The second kappa shape index (κ2) is 6.99. The molecule has 0 aliphatic rings. The van der Waals surface area contributed by atoms with E-state index in [1.807, 2.05) is 6.07 Å². The number of rotatable bonds is 4. The van der Waals surface area contributed by atoms with E-state index in [1.54, 1.807) is 30.3 Å². The Morgan fingerprint density at radius 1 is 1.19 bits per heavy atom. The topological polar surface area (TPSA) is 104 Å². The van der Waals surface area contributed by atoms with Gasteiger partial charge in [0.15, 0.2) is 0 Å². The number of methoxy groups -OCH3 is 1. The number of aromatic nitrogens is 1. The van der Waals surface area contributed by atoms with Crippen molar-refractivity contribution in [1.29, 1.82) is 5.26 Å². The molecule has 0 unspecified atom stereocenters. The van der Waals surface area contributed by atoms with E-state index >= 15 is 0 Å². The maximum atomic E-state index is 14.1. The molecule has 4 N–H and O–H groups in total. The first-order valence-corrected chi connectivity index (χ1v) is 7.62. The van der Waals surface area contributed by atoms with Crippen molar-refractivity contribution in [3.8, 4) is 28.8 Å². The number of ether oxygens (including phenoxy) is 1. The zero-order valence-electron chi connectivity index (χ0n) is 13.8. The number of nitrogen functional groups attached to an aromatic ring is 1. The number of nitriles is 1. The minimum Gasteiger partial charge on any atom is -0.507 e. The van der Waals surface area contributed by atoms with Crippen LogP contribution in [-0.2, 0) is 0 Å². The van der Waals surface area contributed by atoms with E-state index in [9.17, 15) is 9.50 Å². The zero-order valence-corrected chi connectivity index (χ0v) is 13.8.